The summed E-state index contributed by atoms with van der Waals surface area (Å²) in [6, 6.07) is 1.67. The molecule has 6 nitrogen and oxygen atoms in total. The molecule has 0 spiro atoms. The van der Waals surface area contributed by atoms with Gasteiger partial charge in [-0.3, -0.25) is 4.79 Å². The molecule has 3 fully saturated rings. The number of aliphatic hydroxyl groups is 1. The van der Waals surface area contributed by atoms with Crippen molar-refractivity contribution in [2.45, 2.75) is 91.6 Å². The van der Waals surface area contributed by atoms with E-state index in [1.54, 1.807) is 6.07 Å². The lowest BCUT2D eigenvalue weighted by Crippen LogP contribution is -2.38. The van der Waals surface area contributed by atoms with Crippen LogP contribution in [0.3, 0.4) is 0 Å². The minimum Gasteiger partial charge on any atom is -0.477 e. The number of thiophene rings is 1. The van der Waals surface area contributed by atoms with Crippen molar-refractivity contribution in [1.82, 2.24) is 0 Å². The van der Waals surface area contributed by atoms with Gasteiger partial charge in [0.1, 0.15) is 4.88 Å². The summed E-state index contributed by atoms with van der Waals surface area (Å²) in [5.74, 6) is 5.70. The van der Waals surface area contributed by atoms with Gasteiger partial charge in [0.25, 0.3) is 0 Å². The van der Waals surface area contributed by atoms with Crippen LogP contribution in [-0.4, -0.2) is 41.4 Å². The molecule has 4 rings (SSSR count). The lowest BCUT2D eigenvalue weighted by atomic mass is 9.82. The van der Waals surface area contributed by atoms with E-state index in [1.807, 2.05) is 20.8 Å². The number of carboxylic acids is 1. The summed E-state index contributed by atoms with van der Waals surface area (Å²) in [7, 11) is 0. The maximum atomic E-state index is 12.5. The number of carbonyl (C=O) groups excluding carboxylic acids is 1. The van der Waals surface area contributed by atoms with Gasteiger partial charge >= 0.3 is 5.97 Å². The standard InChI is InChI=1S/C19H23NO4S.C6H12O.C2H6/c1-12-3-5-13(6-4-12)17(21)20-15-9-14(25-16(15)18(22)23)7-8-19(2)10-24-11-19;7-6-4-2-1-3-5-6;1-2/h9,12-13H,3-6,10-11H2,1-2H3,(H,20,21)(H,22,23);6-7H,1-5H2;1-2H3. The van der Waals surface area contributed by atoms with Crippen LogP contribution in [0.15, 0.2) is 6.07 Å². The second kappa shape index (κ2) is 13.9. The van der Waals surface area contributed by atoms with E-state index in [2.05, 4.69) is 24.1 Å². The van der Waals surface area contributed by atoms with Crippen molar-refractivity contribution in [1.29, 1.82) is 0 Å². The first-order valence-corrected chi connectivity index (χ1v) is 13.5. The fourth-order valence-electron chi connectivity index (χ4n) is 4.24. The first kappa shape index (κ1) is 28.4. The van der Waals surface area contributed by atoms with E-state index in [-0.39, 0.29) is 28.2 Å². The minimum atomic E-state index is -1.04. The molecule has 0 bridgehead atoms. The molecule has 2 aliphatic carbocycles. The highest BCUT2D eigenvalue weighted by atomic mass is 32.1. The Hall–Kier alpha value is -1.88. The SMILES string of the molecule is CC.CC1CCC(C(=O)Nc2cc(C#CC3(C)COC3)sc2C(=O)O)CC1.OC1CCCCC1. The maximum Gasteiger partial charge on any atom is 0.348 e. The second-order valence-electron chi connectivity index (χ2n) is 9.70. The summed E-state index contributed by atoms with van der Waals surface area (Å²) in [4.78, 5) is 24.8. The Morgan fingerprint density at radius 3 is 2.18 bits per heavy atom. The Bertz CT molecular complexity index is 850. The van der Waals surface area contributed by atoms with Crippen LogP contribution in [0.4, 0.5) is 5.69 Å². The van der Waals surface area contributed by atoms with Gasteiger partial charge in [-0.2, -0.15) is 0 Å². The van der Waals surface area contributed by atoms with Crippen LogP contribution in [0.2, 0.25) is 0 Å². The van der Waals surface area contributed by atoms with E-state index in [0.29, 0.717) is 29.7 Å². The van der Waals surface area contributed by atoms with Crippen LogP contribution in [-0.2, 0) is 9.53 Å². The Balaban J connectivity index is 0.000000384. The molecule has 0 atom stereocenters. The Morgan fingerprint density at radius 1 is 1.09 bits per heavy atom. The molecule has 3 aliphatic rings. The molecule has 0 radical (unpaired) electrons. The third kappa shape index (κ3) is 8.72. The highest BCUT2D eigenvalue weighted by Gasteiger charge is 2.31. The monoisotopic (exact) mass is 491 g/mol. The average Bonchev–Trinajstić information content (AvgIpc) is 3.22. The predicted octanol–water partition coefficient (Wildman–Crippen LogP) is 5.94. The fraction of sp³-hybridized carbons (Fsp3) is 0.704. The average molecular weight is 492 g/mol. The Kier molecular flexibility index (Phi) is 11.6. The van der Waals surface area contributed by atoms with Gasteiger partial charge in [0.2, 0.25) is 5.91 Å². The molecular formula is C27H41NO5S. The lowest BCUT2D eigenvalue weighted by Gasteiger charge is -2.32. The molecule has 0 aromatic carbocycles. The number of carboxylic acid groups (broad SMARTS) is 1. The van der Waals surface area contributed by atoms with Crippen LogP contribution in [0.25, 0.3) is 0 Å². The van der Waals surface area contributed by atoms with Crippen molar-refractivity contribution in [2.24, 2.45) is 17.3 Å². The van der Waals surface area contributed by atoms with Gasteiger partial charge in [-0.25, -0.2) is 4.79 Å². The van der Waals surface area contributed by atoms with Gasteiger partial charge in [-0.15, -0.1) is 11.3 Å². The summed E-state index contributed by atoms with van der Waals surface area (Å²) >= 11 is 1.10. The lowest BCUT2D eigenvalue weighted by molar-refractivity contribution is -0.121. The number of hydrogen-bond acceptors (Lipinski definition) is 5. The predicted molar refractivity (Wildman–Crippen MR) is 137 cm³/mol. The van der Waals surface area contributed by atoms with Crippen LogP contribution >= 0.6 is 11.3 Å². The summed E-state index contributed by atoms with van der Waals surface area (Å²) in [6.07, 6.45) is 9.75. The second-order valence-corrected chi connectivity index (χ2v) is 10.8. The Labute approximate surface area is 208 Å². The number of ether oxygens (including phenoxy) is 1. The van der Waals surface area contributed by atoms with Gasteiger partial charge in [0.15, 0.2) is 0 Å². The molecule has 1 aromatic heterocycles. The van der Waals surface area contributed by atoms with Gasteiger partial charge in [-0.05, 0) is 57.4 Å². The molecule has 34 heavy (non-hydrogen) atoms. The van der Waals surface area contributed by atoms with E-state index in [0.717, 1.165) is 49.9 Å². The molecule has 1 saturated heterocycles. The van der Waals surface area contributed by atoms with Gasteiger partial charge in [0.05, 0.1) is 35.3 Å². The third-order valence-electron chi connectivity index (χ3n) is 6.47. The van der Waals surface area contributed by atoms with Crippen molar-refractivity contribution in [3.8, 4) is 11.8 Å². The normalized spacial score (nSPS) is 23.4. The maximum absolute atomic E-state index is 12.5. The van der Waals surface area contributed by atoms with Crippen molar-refractivity contribution in [3.05, 3.63) is 15.8 Å². The number of carbonyl (C=O) groups is 2. The largest absolute Gasteiger partial charge is 0.477 e. The van der Waals surface area contributed by atoms with E-state index in [1.165, 1.54) is 19.3 Å². The molecule has 1 aromatic rings. The zero-order valence-corrected chi connectivity index (χ0v) is 21.9. The number of amides is 1. The quantitative estimate of drug-likeness (QED) is 0.455. The summed E-state index contributed by atoms with van der Waals surface area (Å²) < 4.78 is 5.17. The smallest absolute Gasteiger partial charge is 0.348 e. The minimum absolute atomic E-state index is 0.0293. The van der Waals surface area contributed by atoms with E-state index in [4.69, 9.17) is 9.84 Å². The molecule has 2 heterocycles. The number of hydrogen-bond donors (Lipinski definition) is 3. The van der Waals surface area contributed by atoms with Crippen LogP contribution in [0.5, 0.6) is 0 Å². The van der Waals surface area contributed by atoms with Crippen LogP contribution in [0.1, 0.15) is 100 Å². The zero-order chi connectivity index (χ0) is 25.1. The molecular weight excluding hydrogens is 450 g/mol. The fourth-order valence-corrected chi connectivity index (χ4v) is 5.04. The van der Waals surface area contributed by atoms with Gasteiger partial charge < -0.3 is 20.3 Å². The number of rotatable bonds is 3. The van der Waals surface area contributed by atoms with Crippen molar-refractivity contribution in [2.75, 3.05) is 18.5 Å². The van der Waals surface area contributed by atoms with E-state index >= 15 is 0 Å². The van der Waals surface area contributed by atoms with Crippen LogP contribution in [0, 0.1) is 29.1 Å². The highest BCUT2D eigenvalue weighted by molar-refractivity contribution is 7.15. The topological polar surface area (TPSA) is 95.9 Å². The molecule has 190 valence electrons. The molecule has 3 N–H and O–H groups in total. The number of nitrogens with one attached hydrogen (secondary N) is 1. The van der Waals surface area contributed by atoms with E-state index in [9.17, 15) is 14.7 Å². The van der Waals surface area contributed by atoms with Gasteiger partial charge in [0, 0.05) is 5.92 Å². The number of anilines is 1. The molecule has 2 saturated carbocycles. The van der Waals surface area contributed by atoms with E-state index < -0.39 is 5.97 Å². The van der Waals surface area contributed by atoms with Crippen molar-refractivity contribution in [3.63, 3.8) is 0 Å². The number of aromatic carboxylic acids is 1. The summed E-state index contributed by atoms with van der Waals surface area (Å²) in [5, 5.41) is 21.1. The van der Waals surface area contributed by atoms with Crippen LogP contribution < -0.4 is 5.32 Å². The van der Waals surface area contributed by atoms with Gasteiger partial charge in [-0.1, -0.05) is 51.9 Å². The summed E-state index contributed by atoms with van der Waals surface area (Å²) in [6.45, 7) is 9.41. The first-order chi connectivity index (χ1) is 16.3. The van der Waals surface area contributed by atoms with Crippen molar-refractivity contribution >= 4 is 28.9 Å². The first-order valence-electron chi connectivity index (χ1n) is 12.7. The number of aliphatic hydroxyl groups excluding tert-OH is 1. The molecule has 7 heteroatoms. The molecule has 1 amide bonds. The molecule has 1 aliphatic heterocycles. The Morgan fingerprint density at radius 2 is 1.71 bits per heavy atom. The molecule has 0 unspecified atom stereocenters. The summed E-state index contributed by atoms with van der Waals surface area (Å²) in [5.41, 5.74) is 0.204. The van der Waals surface area contributed by atoms with Crippen molar-refractivity contribution < 1.29 is 24.5 Å². The third-order valence-corrected chi connectivity index (χ3v) is 7.51. The highest BCUT2D eigenvalue weighted by Crippen LogP contribution is 2.32. The zero-order valence-electron chi connectivity index (χ0n) is 21.1.